The number of ether oxygens (including phenoxy) is 3. The Morgan fingerprint density at radius 3 is 2.55 bits per heavy atom. The molecule has 3 rings (SSSR count). The fourth-order valence-corrected chi connectivity index (χ4v) is 3.33. The van der Waals surface area contributed by atoms with Gasteiger partial charge in [-0.3, -0.25) is 4.98 Å². The zero-order valence-corrected chi connectivity index (χ0v) is 16.8. The molecule has 1 aliphatic carbocycles. The van der Waals surface area contributed by atoms with Gasteiger partial charge < -0.3 is 14.2 Å². The van der Waals surface area contributed by atoms with Crippen LogP contribution < -0.4 is 4.74 Å². The highest BCUT2D eigenvalue weighted by Gasteiger charge is 2.13. The van der Waals surface area contributed by atoms with Gasteiger partial charge in [0.1, 0.15) is 5.75 Å². The van der Waals surface area contributed by atoms with Gasteiger partial charge in [0.2, 0.25) is 0 Å². The Balaban J connectivity index is 1.43. The first-order chi connectivity index (χ1) is 14.2. The number of hydrogen-bond donors (Lipinski definition) is 0. The number of carbonyl (C=O) groups is 1. The third kappa shape index (κ3) is 7.02. The van der Waals surface area contributed by atoms with Crippen LogP contribution in [0.1, 0.15) is 44.1 Å². The SMILES string of the molecule is C=CC(=O)OCCCOc1ccc(-c2ccc(COC3CCCCC3)cc2)nc1. The average Bonchev–Trinajstić information content (AvgIpc) is 2.79. The molecule has 1 fully saturated rings. The van der Waals surface area contributed by atoms with Gasteiger partial charge in [0.25, 0.3) is 0 Å². The largest absolute Gasteiger partial charge is 0.492 e. The molecule has 29 heavy (non-hydrogen) atoms. The van der Waals surface area contributed by atoms with E-state index in [1.54, 1.807) is 6.20 Å². The van der Waals surface area contributed by atoms with E-state index in [1.165, 1.54) is 37.7 Å². The highest BCUT2D eigenvalue weighted by Crippen LogP contribution is 2.23. The van der Waals surface area contributed by atoms with Crippen molar-refractivity contribution >= 4 is 5.97 Å². The van der Waals surface area contributed by atoms with E-state index in [4.69, 9.17) is 14.2 Å². The van der Waals surface area contributed by atoms with Crippen molar-refractivity contribution in [3.05, 3.63) is 60.8 Å². The zero-order valence-electron chi connectivity index (χ0n) is 16.8. The summed E-state index contributed by atoms with van der Waals surface area (Å²) >= 11 is 0. The van der Waals surface area contributed by atoms with Crippen LogP contribution in [-0.2, 0) is 20.9 Å². The maximum Gasteiger partial charge on any atom is 0.330 e. The molecular weight excluding hydrogens is 366 g/mol. The van der Waals surface area contributed by atoms with Gasteiger partial charge in [-0.1, -0.05) is 50.1 Å². The van der Waals surface area contributed by atoms with E-state index >= 15 is 0 Å². The average molecular weight is 395 g/mol. The molecule has 0 spiro atoms. The maximum atomic E-state index is 10.9. The minimum Gasteiger partial charge on any atom is -0.492 e. The summed E-state index contributed by atoms with van der Waals surface area (Å²) in [6.07, 6.45) is 10.2. The minimum absolute atomic E-state index is 0.313. The molecule has 0 saturated heterocycles. The number of esters is 1. The molecule has 0 aliphatic heterocycles. The van der Waals surface area contributed by atoms with Crippen LogP contribution in [0.4, 0.5) is 0 Å². The third-order valence-electron chi connectivity index (χ3n) is 4.99. The Bertz CT molecular complexity index is 764. The van der Waals surface area contributed by atoms with Gasteiger partial charge in [0.15, 0.2) is 0 Å². The first-order valence-electron chi connectivity index (χ1n) is 10.3. The Morgan fingerprint density at radius 1 is 1.07 bits per heavy atom. The molecule has 0 N–H and O–H groups in total. The Kier molecular flexibility index (Phi) is 8.25. The first-order valence-corrected chi connectivity index (χ1v) is 10.3. The molecule has 0 atom stereocenters. The van der Waals surface area contributed by atoms with Crippen molar-refractivity contribution in [2.45, 2.75) is 51.2 Å². The molecule has 0 unspecified atom stereocenters. The van der Waals surface area contributed by atoms with E-state index in [9.17, 15) is 4.79 Å². The summed E-state index contributed by atoms with van der Waals surface area (Å²) in [6, 6.07) is 12.2. The fraction of sp³-hybridized carbons (Fsp3) is 0.417. The Labute approximate surface area is 172 Å². The summed E-state index contributed by atoms with van der Waals surface area (Å²) in [5, 5.41) is 0. The summed E-state index contributed by atoms with van der Waals surface area (Å²) in [4.78, 5) is 15.4. The van der Waals surface area contributed by atoms with Crippen LogP contribution in [0.25, 0.3) is 11.3 Å². The molecule has 2 aromatic rings. The van der Waals surface area contributed by atoms with E-state index in [0.717, 1.165) is 17.3 Å². The number of benzene rings is 1. The van der Waals surface area contributed by atoms with E-state index < -0.39 is 5.97 Å². The number of nitrogens with zero attached hydrogens (tertiary/aromatic N) is 1. The van der Waals surface area contributed by atoms with Gasteiger partial charge in [-0.05, 0) is 30.5 Å². The second-order valence-corrected chi connectivity index (χ2v) is 7.22. The number of hydrogen-bond acceptors (Lipinski definition) is 5. The van der Waals surface area contributed by atoms with Crippen molar-refractivity contribution in [3.8, 4) is 17.0 Å². The molecular formula is C24H29NO4. The third-order valence-corrected chi connectivity index (χ3v) is 4.99. The number of carbonyl (C=O) groups excluding carboxylic acids is 1. The molecule has 0 bridgehead atoms. The molecule has 0 radical (unpaired) electrons. The van der Waals surface area contributed by atoms with Crippen LogP contribution in [0.2, 0.25) is 0 Å². The van der Waals surface area contributed by atoms with Crippen molar-refractivity contribution in [3.63, 3.8) is 0 Å². The smallest absolute Gasteiger partial charge is 0.330 e. The molecule has 1 aromatic heterocycles. The predicted molar refractivity (Wildman–Crippen MR) is 113 cm³/mol. The van der Waals surface area contributed by atoms with Gasteiger partial charge >= 0.3 is 5.97 Å². The van der Waals surface area contributed by atoms with Crippen LogP contribution in [0.15, 0.2) is 55.3 Å². The molecule has 1 heterocycles. The first kappa shape index (κ1) is 21.1. The summed E-state index contributed by atoms with van der Waals surface area (Å²) in [5.41, 5.74) is 3.16. The lowest BCUT2D eigenvalue weighted by Crippen LogP contribution is -2.16. The molecule has 5 heteroatoms. The quantitative estimate of drug-likeness (QED) is 0.318. The van der Waals surface area contributed by atoms with Crippen LogP contribution in [-0.4, -0.2) is 30.3 Å². The van der Waals surface area contributed by atoms with Crippen LogP contribution in [0.5, 0.6) is 5.75 Å². The normalized spacial score (nSPS) is 14.3. The highest BCUT2D eigenvalue weighted by atomic mass is 16.5. The van der Waals surface area contributed by atoms with Gasteiger partial charge in [0, 0.05) is 18.1 Å². The molecule has 1 saturated carbocycles. The monoisotopic (exact) mass is 395 g/mol. The second-order valence-electron chi connectivity index (χ2n) is 7.22. The molecule has 5 nitrogen and oxygen atoms in total. The maximum absolute atomic E-state index is 10.9. The summed E-state index contributed by atoms with van der Waals surface area (Å²) < 4.78 is 16.6. The lowest BCUT2D eigenvalue weighted by molar-refractivity contribution is -0.137. The topological polar surface area (TPSA) is 57.7 Å². The van der Waals surface area contributed by atoms with Crippen molar-refractivity contribution < 1.29 is 19.0 Å². The zero-order chi connectivity index (χ0) is 20.3. The minimum atomic E-state index is -0.414. The van der Waals surface area contributed by atoms with Gasteiger partial charge in [0.05, 0.1) is 37.8 Å². The lowest BCUT2D eigenvalue weighted by Gasteiger charge is -2.22. The van der Waals surface area contributed by atoms with E-state index in [-0.39, 0.29) is 0 Å². The predicted octanol–water partition coefficient (Wildman–Crippen LogP) is 5.10. The Hall–Kier alpha value is -2.66. The van der Waals surface area contributed by atoms with Crippen LogP contribution in [0, 0.1) is 0 Å². The number of pyridine rings is 1. The van der Waals surface area contributed by atoms with Gasteiger partial charge in [-0.2, -0.15) is 0 Å². The molecule has 0 amide bonds. The summed E-state index contributed by atoms with van der Waals surface area (Å²) in [7, 11) is 0. The van der Waals surface area contributed by atoms with Gasteiger partial charge in [-0.25, -0.2) is 4.79 Å². The van der Waals surface area contributed by atoms with Crippen LogP contribution in [0.3, 0.4) is 0 Å². The summed E-state index contributed by atoms with van der Waals surface area (Å²) in [6.45, 7) is 4.80. The Morgan fingerprint density at radius 2 is 1.86 bits per heavy atom. The number of aromatic nitrogens is 1. The van der Waals surface area contributed by atoms with Crippen LogP contribution >= 0.6 is 0 Å². The van der Waals surface area contributed by atoms with Crippen molar-refractivity contribution in [2.24, 2.45) is 0 Å². The number of rotatable bonds is 10. The van der Waals surface area contributed by atoms with Crippen molar-refractivity contribution in [2.75, 3.05) is 13.2 Å². The highest BCUT2D eigenvalue weighted by molar-refractivity contribution is 5.81. The van der Waals surface area contributed by atoms with E-state index in [0.29, 0.717) is 38.1 Å². The lowest BCUT2D eigenvalue weighted by atomic mass is 9.98. The molecule has 1 aliphatic rings. The fourth-order valence-electron chi connectivity index (χ4n) is 3.33. The van der Waals surface area contributed by atoms with E-state index in [2.05, 4.69) is 35.8 Å². The molecule has 1 aromatic carbocycles. The standard InChI is InChI=1S/C24H29NO4/c1-2-24(26)28-16-6-15-27-22-13-14-23(25-17-22)20-11-9-19(10-12-20)18-29-21-7-4-3-5-8-21/h2,9-14,17,21H,1,3-8,15-16,18H2. The van der Waals surface area contributed by atoms with Crippen molar-refractivity contribution in [1.82, 2.24) is 4.98 Å². The van der Waals surface area contributed by atoms with Gasteiger partial charge in [-0.15, -0.1) is 0 Å². The molecule has 154 valence electrons. The van der Waals surface area contributed by atoms with Crippen molar-refractivity contribution in [1.29, 1.82) is 0 Å². The van der Waals surface area contributed by atoms with E-state index in [1.807, 2.05) is 12.1 Å². The second kappa shape index (κ2) is 11.4. The summed E-state index contributed by atoms with van der Waals surface area (Å²) in [5.74, 6) is 0.281.